The number of rotatable bonds is 7. The fourth-order valence-electron chi connectivity index (χ4n) is 2.86. The third kappa shape index (κ3) is 9.35. The molecule has 1 heterocycles. The molecule has 0 saturated carbocycles. The Morgan fingerprint density at radius 1 is 0.694 bits per heavy atom. The van der Waals surface area contributed by atoms with Crippen molar-refractivity contribution in [2.75, 3.05) is 17.7 Å². The molecule has 0 aliphatic rings. The maximum absolute atomic E-state index is 11.7. The summed E-state index contributed by atoms with van der Waals surface area (Å²) in [6.07, 6.45) is 1.46. The molecular weight excluding hydrogens is 471 g/mol. The summed E-state index contributed by atoms with van der Waals surface area (Å²) in [5.41, 5.74) is 2.03. The predicted octanol–water partition coefficient (Wildman–Crippen LogP) is 7.65. The molecule has 3 aromatic carbocycles. The fourth-order valence-corrected chi connectivity index (χ4v) is 2.86. The Kier molecular flexibility index (Phi) is 13.9. The van der Waals surface area contributed by atoms with Gasteiger partial charge in [0.25, 0.3) is 0 Å². The van der Waals surface area contributed by atoms with Crippen LogP contribution in [0, 0.1) is 0 Å². The molecule has 0 fully saturated rings. The smallest absolute Gasteiger partial charge is 0.337 e. The van der Waals surface area contributed by atoms with Gasteiger partial charge in [-0.1, -0.05) is 52.0 Å². The lowest BCUT2D eigenvalue weighted by molar-refractivity contribution is 0.0601. The average molecular weight is 507 g/mol. The minimum atomic E-state index is -0.395. The van der Waals surface area contributed by atoms with E-state index in [0.29, 0.717) is 17.2 Å². The number of methoxy groups -OCH3 is 1. The molecule has 4 rings (SSSR count). The molecule has 0 saturated heterocycles. The molecule has 0 spiro atoms. The van der Waals surface area contributed by atoms with Crippen molar-refractivity contribution in [2.45, 2.75) is 27.7 Å². The van der Waals surface area contributed by atoms with Crippen LogP contribution in [0.4, 0.5) is 23.0 Å². The van der Waals surface area contributed by atoms with Gasteiger partial charge in [-0.15, -0.1) is 0 Å². The molecule has 0 radical (unpaired) electrons. The van der Waals surface area contributed by atoms with Crippen LogP contribution in [-0.2, 0) is 4.74 Å². The van der Waals surface area contributed by atoms with Gasteiger partial charge in [0.05, 0.1) is 12.7 Å². The third-order valence-electron chi connectivity index (χ3n) is 4.33. The van der Waals surface area contributed by atoms with Crippen molar-refractivity contribution in [1.82, 2.24) is 9.97 Å². The van der Waals surface area contributed by atoms with E-state index >= 15 is 0 Å². The first kappa shape index (κ1) is 30.1. The number of hydrogen-bond donors (Lipinski definition) is 2. The van der Waals surface area contributed by atoms with Crippen molar-refractivity contribution in [3.8, 4) is 11.5 Å². The Morgan fingerprint density at radius 2 is 1.28 bits per heavy atom. The fraction of sp³-hybridized carbons (Fsp3) is 0.179. The molecule has 0 aliphatic heterocycles. The summed E-state index contributed by atoms with van der Waals surface area (Å²) >= 11 is 0. The monoisotopic (exact) mass is 506 g/mol. The van der Waals surface area contributed by atoms with E-state index in [4.69, 9.17) is 9.47 Å². The molecule has 1 atom stereocenters. The Labute approximate surface area is 216 Å². The van der Waals surface area contributed by atoms with Crippen LogP contribution in [0.2, 0.25) is 0 Å². The lowest BCUT2D eigenvalue weighted by Crippen LogP contribution is -2.02. The number of carbonyl (C=O) groups excluding carboxylic acids is 1. The SMILES string of the molecule is CC.CC.COC(=O)c1cccc(Nc2cc(Nc3ccc(Oc4ccccc4)cc3)ncn2)c1.P. The van der Waals surface area contributed by atoms with E-state index in [1.807, 2.05) is 88.4 Å². The normalized spacial score (nSPS) is 9.14. The van der Waals surface area contributed by atoms with Gasteiger partial charge in [0.2, 0.25) is 0 Å². The quantitative estimate of drug-likeness (QED) is 0.197. The number of carbonyl (C=O) groups is 1. The van der Waals surface area contributed by atoms with Crippen LogP contribution < -0.4 is 15.4 Å². The van der Waals surface area contributed by atoms with Crippen LogP contribution in [0.3, 0.4) is 0 Å². The number of hydrogen-bond acceptors (Lipinski definition) is 7. The number of para-hydroxylation sites is 1. The molecule has 0 aliphatic carbocycles. The number of anilines is 4. The standard InChI is InChI=1S/C24H20N4O3.2C2H6.H3P/c1-30-24(29)17-6-5-7-19(14-17)28-23-15-22(25-16-26-23)27-18-10-12-21(13-11-18)31-20-8-3-2-4-9-20;2*1-2;/h2-16H,1H3,(H2,25,26,27,28);2*1-2H3;1H3. The Bertz CT molecular complexity index is 1170. The van der Waals surface area contributed by atoms with Crippen LogP contribution in [0.25, 0.3) is 0 Å². The summed E-state index contributed by atoms with van der Waals surface area (Å²) in [5, 5.41) is 6.41. The maximum atomic E-state index is 11.7. The molecule has 1 aromatic heterocycles. The van der Waals surface area contributed by atoms with Gasteiger partial charge < -0.3 is 20.1 Å². The zero-order valence-corrected chi connectivity index (χ0v) is 22.9. The molecular formula is C28H35N4O3P. The topological polar surface area (TPSA) is 85.4 Å². The molecule has 0 amide bonds. The first-order chi connectivity index (χ1) is 17.2. The molecule has 7 nitrogen and oxygen atoms in total. The number of nitrogens with one attached hydrogen (secondary N) is 2. The van der Waals surface area contributed by atoms with Gasteiger partial charge in [-0.25, -0.2) is 14.8 Å². The van der Waals surface area contributed by atoms with Crippen molar-refractivity contribution in [1.29, 1.82) is 0 Å². The summed E-state index contributed by atoms with van der Waals surface area (Å²) in [6.45, 7) is 8.00. The van der Waals surface area contributed by atoms with Gasteiger partial charge in [-0.2, -0.15) is 9.90 Å². The Balaban J connectivity index is 0.00000123. The number of benzene rings is 3. The van der Waals surface area contributed by atoms with Gasteiger partial charge in [-0.05, 0) is 54.6 Å². The highest BCUT2D eigenvalue weighted by atomic mass is 31.0. The summed E-state index contributed by atoms with van der Waals surface area (Å²) < 4.78 is 10.6. The summed E-state index contributed by atoms with van der Waals surface area (Å²) in [7, 11) is 1.35. The summed E-state index contributed by atoms with van der Waals surface area (Å²) in [6, 6.07) is 26.0. The van der Waals surface area contributed by atoms with Crippen LogP contribution in [-0.4, -0.2) is 23.0 Å². The van der Waals surface area contributed by atoms with E-state index < -0.39 is 5.97 Å². The summed E-state index contributed by atoms with van der Waals surface area (Å²) in [4.78, 5) is 20.2. The first-order valence-corrected chi connectivity index (χ1v) is 11.6. The number of nitrogens with zero attached hydrogens (tertiary/aromatic N) is 2. The van der Waals surface area contributed by atoms with E-state index in [-0.39, 0.29) is 9.90 Å². The number of esters is 1. The highest BCUT2D eigenvalue weighted by Crippen LogP contribution is 2.25. The third-order valence-corrected chi connectivity index (χ3v) is 4.33. The van der Waals surface area contributed by atoms with Gasteiger partial charge in [0.1, 0.15) is 29.5 Å². The van der Waals surface area contributed by atoms with Crippen molar-refractivity contribution < 1.29 is 14.3 Å². The zero-order valence-electron chi connectivity index (χ0n) is 21.5. The highest BCUT2D eigenvalue weighted by molar-refractivity contribution is 6.92. The molecule has 0 bridgehead atoms. The molecule has 190 valence electrons. The van der Waals surface area contributed by atoms with E-state index in [1.165, 1.54) is 13.4 Å². The second-order valence-corrected chi connectivity index (χ2v) is 6.55. The van der Waals surface area contributed by atoms with E-state index in [1.54, 1.807) is 24.3 Å². The largest absolute Gasteiger partial charge is 0.465 e. The molecule has 36 heavy (non-hydrogen) atoms. The number of aromatic nitrogens is 2. The second kappa shape index (κ2) is 16.6. The van der Waals surface area contributed by atoms with Crippen molar-refractivity contribution in [2.24, 2.45) is 0 Å². The minimum absolute atomic E-state index is 0. The minimum Gasteiger partial charge on any atom is -0.465 e. The van der Waals surface area contributed by atoms with Gasteiger partial charge in [-0.3, -0.25) is 0 Å². The van der Waals surface area contributed by atoms with Crippen LogP contribution in [0.1, 0.15) is 38.1 Å². The molecule has 4 aromatic rings. The van der Waals surface area contributed by atoms with Crippen LogP contribution in [0.15, 0.2) is 91.3 Å². The van der Waals surface area contributed by atoms with E-state index in [2.05, 4.69) is 20.6 Å². The zero-order chi connectivity index (χ0) is 25.5. The number of ether oxygens (including phenoxy) is 2. The lowest BCUT2D eigenvalue weighted by atomic mass is 10.2. The van der Waals surface area contributed by atoms with Gasteiger partial charge >= 0.3 is 5.97 Å². The molecule has 1 unspecified atom stereocenters. The van der Waals surface area contributed by atoms with Crippen LogP contribution in [0.5, 0.6) is 11.5 Å². The second-order valence-electron chi connectivity index (χ2n) is 6.55. The Hall–Kier alpha value is -3.96. The maximum Gasteiger partial charge on any atom is 0.337 e. The van der Waals surface area contributed by atoms with Crippen molar-refractivity contribution in [3.63, 3.8) is 0 Å². The molecule has 2 N–H and O–H groups in total. The van der Waals surface area contributed by atoms with E-state index in [0.717, 1.165) is 22.9 Å². The van der Waals surface area contributed by atoms with Crippen molar-refractivity contribution in [3.05, 3.63) is 96.8 Å². The van der Waals surface area contributed by atoms with Gasteiger partial charge in [0, 0.05) is 17.4 Å². The lowest BCUT2D eigenvalue weighted by Gasteiger charge is -2.10. The van der Waals surface area contributed by atoms with E-state index in [9.17, 15) is 4.79 Å². The predicted molar refractivity (Wildman–Crippen MR) is 153 cm³/mol. The molecule has 8 heteroatoms. The highest BCUT2D eigenvalue weighted by Gasteiger charge is 2.07. The van der Waals surface area contributed by atoms with Crippen LogP contribution >= 0.6 is 9.90 Å². The van der Waals surface area contributed by atoms with Crippen molar-refractivity contribution >= 4 is 38.9 Å². The average Bonchev–Trinajstić information content (AvgIpc) is 2.92. The first-order valence-electron chi connectivity index (χ1n) is 11.6. The summed E-state index contributed by atoms with van der Waals surface area (Å²) in [5.74, 6) is 2.34. The Morgan fingerprint density at radius 3 is 1.89 bits per heavy atom. The van der Waals surface area contributed by atoms with Gasteiger partial charge in [0.15, 0.2) is 0 Å².